The van der Waals surface area contributed by atoms with Gasteiger partial charge in [0.25, 0.3) is 0 Å². The van der Waals surface area contributed by atoms with Crippen LogP contribution in [0.1, 0.15) is 20.3 Å². The Labute approximate surface area is 86.2 Å². The number of rotatable bonds is 5. The van der Waals surface area contributed by atoms with Crippen LogP contribution in [-0.4, -0.2) is 42.1 Å². The Balaban J connectivity index is 2.03. The summed E-state index contributed by atoms with van der Waals surface area (Å²) in [6.45, 7) is 8.03. The van der Waals surface area contributed by atoms with Gasteiger partial charge in [0.05, 0.1) is 0 Å². The maximum Gasteiger partial charge on any atom is 0.0206 e. The fourth-order valence-electron chi connectivity index (χ4n) is 1.81. The van der Waals surface area contributed by atoms with Gasteiger partial charge in [-0.3, -0.25) is 0 Å². The highest BCUT2D eigenvalue weighted by Gasteiger charge is 2.25. The summed E-state index contributed by atoms with van der Waals surface area (Å²) >= 11 is 2.04. The van der Waals surface area contributed by atoms with E-state index >= 15 is 0 Å². The lowest BCUT2D eigenvalue weighted by Crippen LogP contribution is -2.29. The van der Waals surface area contributed by atoms with Gasteiger partial charge < -0.3 is 10.6 Å². The average Bonchev–Trinajstić information content (AvgIpc) is 2.41. The molecule has 0 spiro atoms. The van der Waals surface area contributed by atoms with Crippen molar-refractivity contribution in [1.29, 1.82) is 0 Å². The van der Waals surface area contributed by atoms with Gasteiger partial charge in [0.1, 0.15) is 0 Å². The van der Waals surface area contributed by atoms with Crippen LogP contribution >= 0.6 is 11.8 Å². The number of nitrogens with two attached hydrogens (primary N) is 1. The average molecular weight is 202 g/mol. The zero-order valence-electron chi connectivity index (χ0n) is 8.83. The van der Waals surface area contributed by atoms with Crippen LogP contribution in [0.5, 0.6) is 0 Å². The molecule has 1 heterocycles. The molecule has 0 amide bonds. The van der Waals surface area contributed by atoms with Crippen LogP contribution < -0.4 is 5.73 Å². The van der Waals surface area contributed by atoms with E-state index in [1.54, 1.807) is 0 Å². The Morgan fingerprint density at radius 3 is 2.77 bits per heavy atom. The molecule has 13 heavy (non-hydrogen) atoms. The monoisotopic (exact) mass is 202 g/mol. The molecule has 1 saturated heterocycles. The zero-order valence-corrected chi connectivity index (χ0v) is 9.65. The number of hydrogen-bond donors (Lipinski definition) is 1. The van der Waals surface area contributed by atoms with Gasteiger partial charge >= 0.3 is 0 Å². The van der Waals surface area contributed by atoms with Gasteiger partial charge in [0.15, 0.2) is 0 Å². The van der Waals surface area contributed by atoms with E-state index in [1.807, 2.05) is 11.8 Å². The van der Waals surface area contributed by atoms with Crippen molar-refractivity contribution >= 4 is 11.8 Å². The minimum absolute atomic E-state index is 0.416. The fourth-order valence-corrected chi connectivity index (χ4v) is 2.43. The second-order valence-electron chi connectivity index (χ2n) is 3.95. The van der Waals surface area contributed by atoms with Crippen LogP contribution in [0.2, 0.25) is 0 Å². The highest BCUT2D eigenvalue weighted by atomic mass is 32.2. The highest BCUT2D eigenvalue weighted by Crippen LogP contribution is 2.14. The van der Waals surface area contributed by atoms with Crippen molar-refractivity contribution < 1.29 is 0 Å². The number of hydrogen-bond acceptors (Lipinski definition) is 3. The molecule has 1 aliphatic rings. The first-order valence-electron chi connectivity index (χ1n) is 5.29. The van der Waals surface area contributed by atoms with Crippen molar-refractivity contribution in [1.82, 2.24) is 4.90 Å². The number of likely N-dealkylation sites (tertiary alicyclic amines) is 1. The lowest BCUT2D eigenvalue weighted by molar-refractivity contribution is 0.328. The van der Waals surface area contributed by atoms with Crippen LogP contribution in [0.15, 0.2) is 0 Å². The molecule has 0 aliphatic carbocycles. The van der Waals surface area contributed by atoms with Gasteiger partial charge in [0.2, 0.25) is 0 Å². The zero-order chi connectivity index (χ0) is 9.68. The summed E-state index contributed by atoms with van der Waals surface area (Å²) in [5, 5.41) is 0. The third kappa shape index (κ3) is 3.88. The molecule has 3 heteroatoms. The first-order chi connectivity index (χ1) is 6.24. The third-order valence-electron chi connectivity index (χ3n) is 2.71. The van der Waals surface area contributed by atoms with Crippen molar-refractivity contribution in [3.8, 4) is 0 Å². The Kier molecular flexibility index (Phi) is 5.14. The molecule has 78 valence electrons. The van der Waals surface area contributed by atoms with E-state index in [4.69, 9.17) is 5.73 Å². The molecule has 0 radical (unpaired) electrons. The van der Waals surface area contributed by atoms with Crippen LogP contribution in [-0.2, 0) is 0 Å². The molecular formula is C10H22N2S. The SMILES string of the molecule is CCSCCCN1CC(C)C(N)C1. The molecule has 0 bridgehead atoms. The summed E-state index contributed by atoms with van der Waals surface area (Å²) in [5.74, 6) is 3.24. The van der Waals surface area contributed by atoms with Crippen LogP contribution in [0.3, 0.4) is 0 Å². The van der Waals surface area contributed by atoms with Crippen molar-refractivity contribution in [2.24, 2.45) is 11.7 Å². The van der Waals surface area contributed by atoms with E-state index in [9.17, 15) is 0 Å². The van der Waals surface area contributed by atoms with E-state index in [2.05, 4.69) is 18.7 Å². The van der Waals surface area contributed by atoms with Crippen LogP contribution in [0.25, 0.3) is 0 Å². The van der Waals surface area contributed by atoms with Crippen molar-refractivity contribution in [3.05, 3.63) is 0 Å². The lowest BCUT2D eigenvalue weighted by atomic mass is 10.1. The van der Waals surface area contributed by atoms with E-state index < -0.39 is 0 Å². The fraction of sp³-hybridized carbons (Fsp3) is 1.00. The van der Waals surface area contributed by atoms with E-state index in [0.717, 1.165) is 6.54 Å². The molecule has 2 nitrogen and oxygen atoms in total. The maximum atomic E-state index is 5.95. The summed E-state index contributed by atoms with van der Waals surface area (Å²) in [6, 6.07) is 0.416. The molecule has 2 atom stereocenters. The molecule has 2 N–H and O–H groups in total. The Morgan fingerprint density at radius 1 is 1.46 bits per heavy atom. The van der Waals surface area contributed by atoms with E-state index in [-0.39, 0.29) is 0 Å². The normalized spacial score (nSPS) is 29.8. The smallest absolute Gasteiger partial charge is 0.0206 e. The Morgan fingerprint density at radius 2 is 2.23 bits per heavy atom. The van der Waals surface area contributed by atoms with Gasteiger partial charge in [-0.15, -0.1) is 0 Å². The first-order valence-corrected chi connectivity index (χ1v) is 6.45. The lowest BCUT2D eigenvalue weighted by Gasteiger charge is -2.14. The Bertz CT molecular complexity index is 131. The van der Waals surface area contributed by atoms with Crippen molar-refractivity contribution in [3.63, 3.8) is 0 Å². The standard InChI is InChI=1S/C10H22N2S/c1-3-13-6-4-5-12-7-9(2)10(11)8-12/h9-10H,3-8,11H2,1-2H3. The predicted octanol–water partition coefficient (Wildman–Crippen LogP) is 1.41. The molecule has 0 aromatic rings. The molecule has 0 aromatic heterocycles. The summed E-state index contributed by atoms with van der Waals surface area (Å²) in [7, 11) is 0. The molecule has 0 saturated carbocycles. The largest absolute Gasteiger partial charge is 0.326 e. The first kappa shape index (κ1) is 11.3. The van der Waals surface area contributed by atoms with Crippen LogP contribution in [0, 0.1) is 5.92 Å². The second-order valence-corrected chi connectivity index (χ2v) is 5.35. The molecule has 0 aromatic carbocycles. The van der Waals surface area contributed by atoms with Gasteiger partial charge in [-0.25, -0.2) is 0 Å². The molecular weight excluding hydrogens is 180 g/mol. The number of nitrogens with zero attached hydrogens (tertiary/aromatic N) is 1. The minimum atomic E-state index is 0.416. The van der Waals surface area contributed by atoms with Crippen molar-refractivity contribution in [2.45, 2.75) is 26.3 Å². The van der Waals surface area contributed by atoms with Gasteiger partial charge in [-0.2, -0.15) is 11.8 Å². The van der Waals surface area contributed by atoms with Crippen LogP contribution in [0.4, 0.5) is 0 Å². The third-order valence-corrected chi connectivity index (χ3v) is 3.70. The summed E-state index contributed by atoms with van der Waals surface area (Å²) in [5.41, 5.74) is 5.95. The topological polar surface area (TPSA) is 29.3 Å². The van der Waals surface area contributed by atoms with Gasteiger partial charge in [-0.05, 0) is 30.4 Å². The predicted molar refractivity (Wildman–Crippen MR) is 61.2 cm³/mol. The highest BCUT2D eigenvalue weighted by molar-refractivity contribution is 7.99. The summed E-state index contributed by atoms with van der Waals surface area (Å²) in [6.07, 6.45) is 1.32. The molecule has 1 fully saturated rings. The molecule has 2 unspecified atom stereocenters. The van der Waals surface area contributed by atoms with Gasteiger partial charge in [-0.1, -0.05) is 13.8 Å². The molecule has 1 rings (SSSR count). The van der Waals surface area contributed by atoms with E-state index in [0.29, 0.717) is 12.0 Å². The summed E-state index contributed by atoms with van der Waals surface area (Å²) < 4.78 is 0. The number of thioether (sulfide) groups is 1. The maximum absolute atomic E-state index is 5.95. The van der Waals surface area contributed by atoms with Crippen molar-refractivity contribution in [2.75, 3.05) is 31.1 Å². The summed E-state index contributed by atoms with van der Waals surface area (Å²) in [4.78, 5) is 2.51. The molecule has 1 aliphatic heterocycles. The quantitative estimate of drug-likeness (QED) is 0.684. The minimum Gasteiger partial charge on any atom is -0.326 e. The van der Waals surface area contributed by atoms with E-state index in [1.165, 1.54) is 31.0 Å². The Hall–Kier alpha value is 0.270. The second kappa shape index (κ2) is 5.89. The van der Waals surface area contributed by atoms with Gasteiger partial charge in [0, 0.05) is 19.1 Å².